The van der Waals surface area contributed by atoms with Crippen molar-refractivity contribution in [2.24, 2.45) is 7.05 Å². The van der Waals surface area contributed by atoms with Gasteiger partial charge in [0.2, 0.25) is 0 Å². The summed E-state index contributed by atoms with van der Waals surface area (Å²) in [5, 5.41) is 6.14. The first-order valence-corrected chi connectivity index (χ1v) is 11.7. The van der Waals surface area contributed by atoms with E-state index in [4.69, 9.17) is 0 Å². The third-order valence-corrected chi connectivity index (χ3v) is 6.66. The number of imidazole rings is 1. The molecule has 2 aliphatic rings. The van der Waals surface area contributed by atoms with Gasteiger partial charge in [-0.2, -0.15) is 0 Å². The zero-order valence-electron chi connectivity index (χ0n) is 19.2. The Balaban J connectivity index is 1.25. The van der Waals surface area contributed by atoms with Gasteiger partial charge in [-0.1, -0.05) is 54.6 Å². The molecule has 0 aliphatic carbocycles. The number of carbonyl (C=O) groups is 1. The Morgan fingerprint density at radius 1 is 1.03 bits per heavy atom. The van der Waals surface area contributed by atoms with Gasteiger partial charge in [0.1, 0.15) is 0 Å². The molecule has 2 aliphatic heterocycles. The summed E-state index contributed by atoms with van der Waals surface area (Å²) in [6.07, 6.45) is 4.63. The fourth-order valence-corrected chi connectivity index (χ4v) is 5.09. The van der Waals surface area contributed by atoms with E-state index in [0.717, 1.165) is 44.8 Å². The normalized spacial score (nSPS) is 21.0. The maximum absolute atomic E-state index is 12.5. The topological polar surface area (TPSA) is 65.4 Å². The lowest BCUT2D eigenvalue weighted by atomic mass is 10.0. The Morgan fingerprint density at radius 3 is 2.55 bits per heavy atom. The van der Waals surface area contributed by atoms with Gasteiger partial charge in [-0.15, -0.1) is 0 Å². The molecule has 1 saturated heterocycles. The molecule has 7 nitrogen and oxygen atoms in total. The van der Waals surface area contributed by atoms with Gasteiger partial charge in [-0.25, -0.2) is 9.78 Å². The molecule has 0 radical (unpaired) electrons. The summed E-state index contributed by atoms with van der Waals surface area (Å²) in [7, 11) is 1.93. The second-order valence-corrected chi connectivity index (χ2v) is 9.30. The van der Waals surface area contributed by atoms with E-state index in [2.05, 4.69) is 80.0 Å². The quantitative estimate of drug-likeness (QED) is 0.635. The summed E-state index contributed by atoms with van der Waals surface area (Å²) in [4.78, 5) is 21.9. The Kier molecular flexibility index (Phi) is 6.41. The highest BCUT2D eigenvalue weighted by atomic mass is 16.2. The third-order valence-electron chi connectivity index (χ3n) is 6.66. The van der Waals surface area contributed by atoms with Crippen molar-refractivity contribution in [2.45, 2.75) is 44.7 Å². The molecule has 1 fully saturated rings. The molecule has 1 aromatic heterocycles. The number of urea groups is 1. The summed E-state index contributed by atoms with van der Waals surface area (Å²) < 4.78 is 1.88. The number of nitrogens with one attached hydrogen (secondary N) is 2. The van der Waals surface area contributed by atoms with Gasteiger partial charge in [-0.3, -0.25) is 9.80 Å². The van der Waals surface area contributed by atoms with Crippen LogP contribution < -0.4 is 10.6 Å². The highest BCUT2D eigenvalue weighted by Gasteiger charge is 2.35. The first-order chi connectivity index (χ1) is 16.1. The molecule has 2 N–H and O–H groups in total. The molecule has 7 heteroatoms. The minimum Gasteiger partial charge on any atom is -0.340 e. The van der Waals surface area contributed by atoms with Gasteiger partial charge in [-0.05, 0) is 23.1 Å². The van der Waals surface area contributed by atoms with Crippen LogP contribution in [-0.4, -0.2) is 50.6 Å². The van der Waals surface area contributed by atoms with Crippen LogP contribution in [-0.2, 0) is 33.2 Å². The van der Waals surface area contributed by atoms with Crippen LogP contribution in [0.1, 0.15) is 28.8 Å². The van der Waals surface area contributed by atoms with Gasteiger partial charge in [0, 0.05) is 58.1 Å². The van der Waals surface area contributed by atoms with Crippen LogP contribution in [0.15, 0.2) is 67.1 Å². The smallest absolute Gasteiger partial charge is 0.315 e. The summed E-state index contributed by atoms with van der Waals surface area (Å²) in [5.74, 6) is 0. The zero-order valence-corrected chi connectivity index (χ0v) is 19.2. The number of rotatable bonds is 5. The second-order valence-electron chi connectivity index (χ2n) is 9.30. The number of aryl methyl sites for hydroxylation is 1. The first-order valence-electron chi connectivity index (χ1n) is 11.7. The lowest BCUT2D eigenvalue weighted by molar-refractivity contribution is 0.145. The number of carbonyl (C=O) groups excluding carboxylic acids is 1. The molecule has 0 bridgehead atoms. The van der Waals surface area contributed by atoms with Crippen molar-refractivity contribution in [3.8, 4) is 0 Å². The number of hydrogen-bond donors (Lipinski definition) is 2. The standard InChI is InChI=1S/C26H32N6O/c1-30-16-24(28-19-30)12-27-26(33)29-23-11-25-18-31(13-20-7-3-2-4-8-20)14-21-9-5-6-10-22(21)15-32(25)17-23/h2-10,16,19,23,25H,11-15,17-18H2,1H3,(H2,27,29,33)/t23-,25-/m0/s1. The Hall–Kier alpha value is -3.16. The van der Waals surface area contributed by atoms with Crippen LogP contribution in [0.5, 0.6) is 0 Å². The van der Waals surface area contributed by atoms with Crippen LogP contribution in [0.4, 0.5) is 4.79 Å². The van der Waals surface area contributed by atoms with Crippen LogP contribution in [0.25, 0.3) is 0 Å². The Bertz CT molecular complexity index is 1080. The number of hydrogen-bond acceptors (Lipinski definition) is 4. The Morgan fingerprint density at radius 2 is 1.79 bits per heavy atom. The largest absolute Gasteiger partial charge is 0.340 e. The second kappa shape index (κ2) is 9.77. The van der Waals surface area contributed by atoms with Crippen molar-refractivity contribution in [3.05, 3.63) is 89.5 Å². The number of nitrogens with zero attached hydrogens (tertiary/aromatic N) is 4. The average Bonchev–Trinajstić information content (AvgIpc) is 3.38. The van der Waals surface area contributed by atoms with Crippen LogP contribution >= 0.6 is 0 Å². The highest BCUT2D eigenvalue weighted by molar-refractivity contribution is 5.74. The molecule has 2 amide bonds. The number of amides is 2. The van der Waals surface area contributed by atoms with Crippen LogP contribution in [0, 0.1) is 0 Å². The van der Waals surface area contributed by atoms with Gasteiger partial charge in [0.25, 0.3) is 0 Å². The maximum Gasteiger partial charge on any atom is 0.315 e. The lowest BCUT2D eigenvalue weighted by Gasteiger charge is -2.34. The van der Waals surface area contributed by atoms with E-state index in [9.17, 15) is 4.79 Å². The minimum atomic E-state index is -0.123. The fraction of sp³-hybridized carbons (Fsp3) is 0.385. The molecular formula is C26H32N6O. The first kappa shape index (κ1) is 21.7. The minimum absolute atomic E-state index is 0.123. The fourth-order valence-electron chi connectivity index (χ4n) is 5.09. The van der Waals surface area contributed by atoms with E-state index < -0.39 is 0 Å². The molecule has 3 heterocycles. The van der Waals surface area contributed by atoms with Gasteiger partial charge >= 0.3 is 6.03 Å². The third kappa shape index (κ3) is 5.43. The van der Waals surface area contributed by atoms with Crippen molar-refractivity contribution in [1.82, 2.24) is 30.0 Å². The molecule has 2 atom stereocenters. The van der Waals surface area contributed by atoms with E-state index in [-0.39, 0.29) is 12.1 Å². The van der Waals surface area contributed by atoms with E-state index >= 15 is 0 Å². The number of aromatic nitrogens is 2. The number of benzene rings is 2. The highest BCUT2D eigenvalue weighted by Crippen LogP contribution is 2.27. The van der Waals surface area contributed by atoms with E-state index in [1.165, 1.54) is 16.7 Å². The summed E-state index contributed by atoms with van der Waals surface area (Å²) in [6.45, 7) is 5.13. The van der Waals surface area contributed by atoms with Gasteiger partial charge in [0.15, 0.2) is 0 Å². The summed E-state index contributed by atoms with van der Waals surface area (Å²) >= 11 is 0. The van der Waals surface area contributed by atoms with Crippen molar-refractivity contribution >= 4 is 6.03 Å². The molecular weight excluding hydrogens is 412 g/mol. The van der Waals surface area contributed by atoms with E-state index in [0.29, 0.717) is 12.6 Å². The van der Waals surface area contributed by atoms with Crippen LogP contribution in [0.2, 0.25) is 0 Å². The predicted octanol–water partition coefficient (Wildman–Crippen LogP) is 2.88. The van der Waals surface area contributed by atoms with Crippen molar-refractivity contribution in [2.75, 3.05) is 13.1 Å². The molecule has 3 aromatic rings. The SMILES string of the molecule is Cn1cnc(CNC(=O)N[C@H]2C[C@H]3CN(Cc4ccccc4)Cc4ccccc4CN3C2)c1. The number of fused-ring (bicyclic) bond motifs is 2. The summed E-state index contributed by atoms with van der Waals surface area (Å²) in [5.41, 5.74) is 4.98. The van der Waals surface area contributed by atoms with Crippen molar-refractivity contribution < 1.29 is 4.79 Å². The maximum atomic E-state index is 12.5. The summed E-state index contributed by atoms with van der Waals surface area (Å²) in [6, 6.07) is 19.9. The predicted molar refractivity (Wildman–Crippen MR) is 128 cm³/mol. The van der Waals surface area contributed by atoms with E-state index in [1.54, 1.807) is 6.33 Å². The van der Waals surface area contributed by atoms with Gasteiger partial charge < -0.3 is 15.2 Å². The molecule has 0 saturated carbocycles. The van der Waals surface area contributed by atoms with Crippen LogP contribution in [0.3, 0.4) is 0 Å². The van der Waals surface area contributed by atoms with E-state index in [1.807, 2.05) is 17.8 Å². The van der Waals surface area contributed by atoms with Crippen molar-refractivity contribution in [1.29, 1.82) is 0 Å². The molecule has 0 unspecified atom stereocenters. The van der Waals surface area contributed by atoms with Gasteiger partial charge in [0.05, 0.1) is 18.6 Å². The Labute approximate surface area is 195 Å². The van der Waals surface area contributed by atoms with Crippen molar-refractivity contribution in [3.63, 3.8) is 0 Å². The molecule has 2 aromatic carbocycles. The molecule has 172 valence electrons. The zero-order chi connectivity index (χ0) is 22.6. The molecule has 5 rings (SSSR count). The average molecular weight is 445 g/mol. The molecule has 0 spiro atoms. The molecule has 33 heavy (non-hydrogen) atoms. The lowest BCUT2D eigenvalue weighted by Crippen LogP contribution is -2.43. The monoisotopic (exact) mass is 444 g/mol.